The SMILES string of the molecule is CC.CNCC1CCCC(CN)C1. The van der Waals surface area contributed by atoms with E-state index in [1.807, 2.05) is 20.9 Å². The van der Waals surface area contributed by atoms with Gasteiger partial charge in [-0.3, -0.25) is 0 Å². The van der Waals surface area contributed by atoms with Gasteiger partial charge in [0.1, 0.15) is 0 Å². The molecule has 1 rings (SSSR count). The van der Waals surface area contributed by atoms with Crippen LogP contribution in [0.3, 0.4) is 0 Å². The molecule has 0 amide bonds. The highest BCUT2D eigenvalue weighted by Crippen LogP contribution is 2.27. The third-order valence-electron chi connectivity index (χ3n) is 2.72. The predicted molar refractivity (Wildman–Crippen MR) is 59.8 cm³/mol. The molecular formula is C11H26N2. The smallest absolute Gasteiger partial charge is 0.00234 e. The van der Waals surface area contributed by atoms with Crippen molar-refractivity contribution in [2.45, 2.75) is 39.5 Å². The van der Waals surface area contributed by atoms with Gasteiger partial charge in [0.15, 0.2) is 0 Å². The fraction of sp³-hybridized carbons (Fsp3) is 1.00. The van der Waals surface area contributed by atoms with Crippen LogP contribution in [0.2, 0.25) is 0 Å². The van der Waals surface area contributed by atoms with E-state index in [4.69, 9.17) is 5.73 Å². The minimum absolute atomic E-state index is 0.807. The maximum Gasteiger partial charge on any atom is -0.00234 e. The minimum atomic E-state index is 0.807. The summed E-state index contributed by atoms with van der Waals surface area (Å²) in [5.74, 6) is 1.70. The van der Waals surface area contributed by atoms with Crippen LogP contribution in [0, 0.1) is 11.8 Å². The predicted octanol–water partition coefficient (Wildman–Crippen LogP) is 2.00. The van der Waals surface area contributed by atoms with Crippen LogP contribution in [-0.4, -0.2) is 20.1 Å². The van der Waals surface area contributed by atoms with E-state index in [9.17, 15) is 0 Å². The Kier molecular flexibility index (Phi) is 8.46. The second-order valence-electron chi connectivity index (χ2n) is 3.69. The van der Waals surface area contributed by atoms with Gasteiger partial charge < -0.3 is 11.1 Å². The molecule has 1 fully saturated rings. The monoisotopic (exact) mass is 186 g/mol. The molecule has 0 aromatic carbocycles. The Morgan fingerprint density at radius 3 is 2.38 bits per heavy atom. The van der Waals surface area contributed by atoms with E-state index in [-0.39, 0.29) is 0 Å². The zero-order valence-corrected chi connectivity index (χ0v) is 9.47. The van der Waals surface area contributed by atoms with Gasteiger partial charge in [-0.1, -0.05) is 20.3 Å². The Labute approximate surface area is 83.3 Å². The quantitative estimate of drug-likeness (QED) is 0.707. The van der Waals surface area contributed by atoms with E-state index >= 15 is 0 Å². The molecule has 0 aliphatic heterocycles. The Morgan fingerprint density at radius 1 is 1.23 bits per heavy atom. The first-order chi connectivity index (χ1) is 6.36. The maximum atomic E-state index is 5.64. The van der Waals surface area contributed by atoms with Crippen molar-refractivity contribution in [3.63, 3.8) is 0 Å². The largest absolute Gasteiger partial charge is 0.330 e. The second kappa shape index (κ2) is 8.52. The summed E-state index contributed by atoms with van der Waals surface area (Å²) in [6.45, 7) is 6.07. The van der Waals surface area contributed by atoms with Crippen LogP contribution in [-0.2, 0) is 0 Å². The first-order valence-electron chi connectivity index (χ1n) is 5.71. The van der Waals surface area contributed by atoms with Gasteiger partial charge in [0.2, 0.25) is 0 Å². The van der Waals surface area contributed by atoms with Gasteiger partial charge in [0.05, 0.1) is 0 Å². The molecule has 1 aliphatic rings. The van der Waals surface area contributed by atoms with E-state index < -0.39 is 0 Å². The van der Waals surface area contributed by atoms with Gasteiger partial charge in [-0.15, -0.1) is 0 Å². The molecule has 80 valence electrons. The topological polar surface area (TPSA) is 38.0 Å². The molecule has 2 atom stereocenters. The lowest BCUT2D eigenvalue weighted by molar-refractivity contribution is 0.268. The molecule has 3 N–H and O–H groups in total. The Hall–Kier alpha value is -0.0800. The first-order valence-corrected chi connectivity index (χ1v) is 5.71. The molecule has 2 nitrogen and oxygen atoms in total. The molecule has 0 radical (unpaired) electrons. The van der Waals surface area contributed by atoms with Gasteiger partial charge in [0, 0.05) is 0 Å². The van der Waals surface area contributed by atoms with E-state index in [0.29, 0.717) is 0 Å². The van der Waals surface area contributed by atoms with Crippen LogP contribution in [0.1, 0.15) is 39.5 Å². The summed E-state index contributed by atoms with van der Waals surface area (Å²) in [5, 5.41) is 3.24. The van der Waals surface area contributed by atoms with Gasteiger partial charge in [-0.2, -0.15) is 0 Å². The Bertz CT molecular complexity index is 102. The van der Waals surface area contributed by atoms with Crippen molar-refractivity contribution in [3.8, 4) is 0 Å². The van der Waals surface area contributed by atoms with Crippen molar-refractivity contribution in [3.05, 3.63) is 0 Å². The highest BCUT2D eigenvalue weighted by atomic mass is 14.8. The molecule has 2 heteroatoms. The summed E-state index contributed by atoms with van der Waals surface area (Å²) >= 11 is 0. The second-order valence-corrected chi connectivity index (χ2v) is 3.69. The molecule has 0 aromatic heterocycles. The zero-order valence-electron chi connectivity index (χ0n) is 9.47. The fourth-order valence-electron chi connectivity index (χ4n) is 2.09. The van der Waals surface area contributed by atoms with Crippen LogP contribution in [0.4, 0.5) is 0 Å². The van der Waals surface area contributed by atoms with E-state index in [2.05, 4.69) is 5.32 Å². The fourth-order valence-corrected chi connectivity index (χ4v) is 2.09. The van der Waals surface area contributed by atoms with Crippen molar-refractivity contribution in [1.82, 2.24) is 5.32 Å². The molecule has 1 saturated carbocycles. The highest BCUT2D eigenvalue weighted by Gasteiger charge is 2.19. The van der Waals surface area contributed by atoms with Crippen molar-refractivity contribution in [1.29, 1.82) is 0 Å². The first kappa shape index (κ1) is 12.9. The number of nitrogens with two attached hydrogens (primary N) is 1. The van der Waals surface area contributed by atoms with E-state index in [0.717, 1.165) is 18.4 Å². The summed E-state index contributed by atoms with van der Waals surface area (Å²) in [4.78, 5) is 0. The van der Waals surface area contributed by atoms with Crippen molar-refractivity contribution >= 4 is 0 Å². The van der Waals surface area contributed by atoms with Crippen LogP contribution in [0.5, 0.6) is 0 Å². The average Bonchev–Trinajstić information content (AvgIpc) is 2.22. The standard InChI is InChI=1S/C9H20N2.C2H6/c1-11-7-9-4-2-3-8(5-9)6-10;1-2/h8-9,11H,2-7,10H2,1H3;1-2H3. The van der Waals surface area contributed by atoms with Crippen molar-refractivity contribution < 1.29 is 0 Å². The van der Waals surface area contributed by atoms with Crippen molar-refractivity contribution in [2.24, 2.45) is 17.6 Å². The van der Waals surface area contributed by atoms with Crippen molar-refractivity contribution in [2.75, 3.05) is 20.1 Å². The summed E-state index contributed by atoms with van der Waals surface area (Å²) in [6, 6.07) is 0. The maximum absolute atomic E-state index is 5.64. The van der Waals surface area contributed by atoms with E-state index in [1.165, 1.54) is 32.2 Å². The third-order valence-corrected chi connectivity index (χ3v) is 2.72. The molecule has 0 aromatic rings. The zero-order chi connectivity index (χ0) is 10.1. The number of hydrogen-bond acceptors (Lipinski definition) is 2. The average molecular weight is 186 g/mol. The highest BCUT2D eigenvalue weighted by molar-refractivity contribution is 4.74. The molecule has 2 unspecified atom stereocenters. The summed E-state index contributed by atoms with van der Waals surface area (Å²) in [5.41, 5.74) is 5.64. The molecule has 1 aliphatic carbocycles. The summed E-state index contributed by atoms with van der Waals surface area (Å²) < 4.78 is 0. The minimum Gasteiger partial charge on any atom is -0.330 e. The third kappa shape index (κ3) is 5.27. The lowest BCUT2D eigenvalue weighted by Crippen LogP contribution is -2.28. The number of rotatable bonds is 3. The molecule has 13 heavy (non-hydrogen) atoms. The molecule has 0 heterocycles. The number of hydrogen-bond donors (Lipinski definition) is 2. The molecule has 0 bridgehead atoms. The lowest BCUT2D eigenvalue weighted by atomic mass is 9.81. The summed E-state index contributed by atoms with van der Waals surface area (Å²) in [7, 11) is 2.03. The Balaban J connectivity index is 0.000000671. The van der Waals surface area contributed by atoms with E-state index in [1.54, 1.807) is 0 Å². The van der Waals surface area contributed by atoms with Gasteiger partial charge in [-0.05, 0) is 51.2 Å². The number of nitrogens with one attached hydrogen (secondary N) is 1. The molecule has 0 spiro atoms. The lowest BCUT2D eigenvalue weighted by Gasteiger charge is -2.27. The summed E-state index contributed by atoms with van der Waals surface area (Å²) in [6.07, 6.45) is 5.49. The molecule has 0 saturated heterocycles. The van der Waals surface area contributed by atoms with Crippen LogP contribution in [0.15, 0.2) is 0 Å². The van der Waals surface area contributed by atoms with Crippen LogP contribution < -0.4 is 11.1 Å². The Morgan fingerprint density at radius 2 is 1.85 bits per heavy atom. The van der Waals surface area contributed by atoms with Gasteiger partial charge in [0.25, 0.3) is 0 Å². The van der Waals surface area contributed by atoms with Crippen LogP contribution in [0.25, 0.3) is 0 Å². The normalized spacial score (nSPS) is 27.7. The van der Waals surface area contributed by atoms with Gasteiger partial charge in [-0.25, -0.2) is 0 Å². The molecular weight excluding hydrogens is 160 g/mol. The van der Waals surface area contributed by atoms with Crippen LogP contribution >= 0.6 is 0 Å². The van der Waals surface area contributed by atoms with Gasteiger partial charge >= 0.3 is 0 Å².